The predicted octanol–water partition coefficient (Wildman–Crippen LogP) is 2.62. The van der Waals surface area contributed by atoms with E-state index in [0.717, 1.165) is 43.9 Å². The molecule has 24 heavy (non-hydrogen) atoms. The quantitative estimate of drug-likeness (QED) is 0.553. The number of nitrogens with zero attached hydrogens (tertiary/aromatic N) is 1. The van der Waals surface area contributed by atoms with Gasteiger partial charge in [-0.1, -0.05) is 12.1 Å². The van der Waals surface area contributed by atoms with Gasteiger partial charge in [0.25, 0.3) is 0 Å². The fourth-order valence-electron chi connectivity index (χ4n) is 2.91. The molecule has 0 amide bonds. The molecule has 0 radical (unpaired) electrons. The number of aryl methyl sites for hydroxylation is 1. The molecule has 0 aromatic heterocycles. The van der Waals surface area contributed by atoms with Gasteiger partial charge in [0.05, 0.1) is 12.6 Å². The molecule has 1 saturated carbocycles. The Balaban J connectivity index is 1.85. The Hall–Kier alpha value is -1.75. The molecule has 0 aliphatic heterocycles. The minimum absolute atomic E-state index is 0.00966. The minimum atomic E-state index is -0.134. The topological polar surface area (TPSA) is 65.9 Å². The lowest BCUT2D eigenvalue weighted by atomic mass is 9.93. The summed E-state index contributed by atoms with van der Waals surface area (Å²) >= 11 is 0. The van der Waals surface area contributed by atoms with Crippen LogP contribution >= 0.6 is 0 Å². The van der Waals surface area contributed by atoms with Crippen molar-refractivity contribution in [3.63, 3.8) is 0 Å². The Bertz CT molecular complexity index is 525. The maximum absolute atomic E-state index is 9.61. The van der Waals surface area contributed by atoms with E-state index in [4.69, 9.17) is 4.74 Å². The molecule has 1 unspecified atom stereocenters. The molecule has 0 bridgehead atoms. The van der Waals surface area contributed by atoms with Gasteiger partial charge in [0.15, 0.2) is 5.96 Å². The highest BCUT2D eigenvalue weighted by atomic mass is 16.5. The Morgan fingerprint density at radius 2 is 2.08 bits per heavy atom. The number of aliphatic hydroxyl groups is 1. The van der Waals surface area contributed by atoms with Gasteiger partial charge in [0.1, 0.15) is 11.9 Å². The summed E-state index contributed by atoms with van der Waals surface area (Å²) in [7, 11) is 0. The first kappa shape index (κ1) is 18.6. The molecule has 1 aromatic rings. The zero-order valence-corrected chi connectivity index (χ0v) is 15.1. The highest BCUT2D eigenvalue weighted by molar-refractivity contribution is 5.80. The van der Waals surface area contributed by atoms with E-state index in [1.54, 1.807) is 0 Å². The summed E-state index contributed by atoms with van der Waals surface area (Å²) in [5.74, 6) is 1.72. The number of hydrogen-bond donors (Lipinski definition) is 3. The minimum Gasteiger partial charge on any atom is -0.489 e. The van der Waals surface area contributed by atoms with Crippen LogP contribution in [0.4, 0.5) is 0 Å². The number of aliphatic hydroxyl groups excluding tert-OH is 1. The smallest absolute Gasteiger partial charge is 0.191 e. The molecule has 134 valence electrons. The molecule has 1 aromatic carbocycles. The van der Waals surface area contributed by atoms with Crippen LogP contribution in [-0.4, -0.2) is 42.4 Å². The first-order chi connectivity index (χ1) is 11.6. The molecule has 0 saturated heterocycles. The molecule has 1 aliphatic rings. The van der Waals surface area contributed by atoms with Gasteiger partial charge in [-0.05, 0) is 64.2 Å². The molecule has 0 spiro atoms. The van der Waals surface area contributed by atoms with Crippen molar-refractivity contribution in [2.45, 2.75) is 64.7 Å². The lowest BCUT2D eigenvalue weighted by molar-refractivity contribution is 0.120. The Morgan fingerprint density at radius 3 is 2.75 bits per heavy atom. The van der Waals surface area contributed by atoms with Crippen LogP contribution in [0.3, 0.4) is 0 Å². The van der Waals surface area contributed by atoms with Crippen LogP contribution < -0.4 is 15.4 Å². The summed E-state index contributed by atoms with van der Waals surface area (Å²) in [5.41, 5.74) is 1.19. The van der Waals surface area contributed by atoms with E-state index in [0.29, 0.717) is 12.6 Å². The molecule has 0 heterocycles. The van der Waals surface area contributed by atoms with E-state index in [2.05, 4.69) is 35.5 Å². The van der Waals surface area contributed by atoms with Gasteiger partial charge in [0, 0.05) is 12.6 Å². The predicted molar refractivity (Wildman–Crippen MR) is 98.6 cm³/mol. The maximum atomic E-state index is 9.61. The van der Waals surface area contributed by atoms with E-state index in [-0.39, 0.29) is 12.2 Å². The number of hydrogen-bond acceptors (Lipinski definition) is 3. The summed E-state index contributed by atoms with van der Waals surface area (Å²) in [4.78, 5) is 4.65. The largest absolute Gasteiger partial charge is 0.489 e. The van der Waals surface area contributed by atoms with Gasteiger partial charge >= 0.3 is 0 Å². The summed E-state index contributed by atoms with van der Waals surface area (Å²) in [6, 6.07) is 8.47. The number of benzene rings is 1. The molecular formula is C19H31N3O2. The summed E-state index contributed by atoms with van der Waals surface area (Å²) < 4.78 is 5.93. The molecule has 5 nitrogen and oxygen atoms in total. The van der Waals surface area contributed by atoms with E-state index in [9.17, 15) is 5.11 Å². The Labute approximate surface area is 145 Å². The highest BCUT2D eigenvalue weighted by Gasteiger charge is 2.20. The van der Waals surface area contributed by atoms with Crippen molar-refractivity contribution in [2.75, 3.05) is 13.1 Å². The second kappa shape index (κ2) is 9.52. The van der Waals surface area contributed by atoms with Gasteiger partial charge < -0.3 is 20.5 Å². The number of aliphatic imine (C=N–C) groups is 1. The van der Waals surface area contributed by atoms with Crippen LogP contribution in [0.15, 0.2) is 29.3 Å². The van der Waals surface area contributed by atoms with Crippen molar-refractivity contribution in [3.05, 3.63) is 29.8 Å². The lowest BCUT2D eigenvalue weighted by Crippen LogP contribution is -2.45. The average molecular weight is 333 g/mol. The fourth-order valence-corrected chi connectivity index (χ4v) is 2.91. The number of nitrogens with one attached hydrogen (secondary N) is 2. The van der Waals surface area contributed by atoms with Crippen LogP contribution in [0.5, 0.6) is 5.75 Å². The summed E-state index contributed by atoms with van der Waals surface area (Å²) in [6.07, 6.45) is 3.58. The standard InChI is InChI=1S/C19H31N3O2/c1-4-20-19(22-16-8-10-17(23)11-9-16)21-13-15(3)24-18-7-5-6-14(2)12-18/h5-7,12,15-17,23H,4,8-11,13H2,1-3H3,(H2,20,21,22). The third-order valence-corrected chi connectivity index (χ3v) is 4.22. The van der Waals surface area contributed by atoms with Crippen molar-refractivity contribution in [2.24, 2.45) is 4.99 Å². The van der Waals surface area contributed by atoms with Gasteiger partial charge in [-0.25, -0.2) is 4.99 Å². The average Bonchev–Trinajstić information content (AvgIpc) is 2.55. The molecule has 1 fully saturated rings. The van der Waals surface area contributed by atoms with E-state index >= 15 is 0 Å². The van der Waals surface area contributed by atoms with E-state index in [1.807, 2.05) is 25.1 Å². The molecular weight excluding hydrogens is 302 g/mol. The van der Waals surface area contributed by atoms with Gasteiger partial charge in [-0.3, -0.25) is 0 Å². The van der Waals surface area contributed by atoms with Crippen LogP contribution in [0.25, 0.3) is 0 Å². The summed E-state index contributed by atoms with van der Waals surface area (Å²) in [6.45, 7) is 7.58. The van der Waals surface area contributed by atoms with Crippen molar-refractivity contribution in [1.82, 2.24) is 10.6 Å². The van der Waals surface area contributed by atoms with Gasteiger partial charge in [-0.15, -0.1) is 0 Å². The molecule has 1 atom stereocenters. The summed E-state index contributed by atoms with van der Waals surface area (Å²) in [5, 5.41) is 16.4. The van der Waals surface area contributed by atoms with Gasteiger partial charge in [0.2, 0.25) is 0 Å². The van der Waals surface area contributed by atoms with Gasteiger partial charge in [-0.2, -0.15) is 0 Å². The van der Waals surface area contributed by atoms with Crippen molar-refractivity contribution in [3.8, 4) is 5.75 Å². The van der Waals surface area contributed by atoms with Crippen molar-refractivity contribution >= 4 is 5.96 Å². The lowest BCUT2D eigenvalue weighted by Gasteiger charge is -2.27. The molecule has 5 heteroatoms. The second-order valence-corrected chi connectivity index (χ2v) is 6.61. The normalized spacial score (nSPS) is 22.8. The zero-order valence-electron chi connectivity index (χ0n) is 15.1. The SMILES string of the molecule is CCNC(=NCC(C)Oc1cccc(C)c1)NC1CCC(O)CC1. The monoisotopic (exact) mass is 333 g/mol. The number of ether oxygens (including phenoxy) is 1. The zero-order chi connectivity index (χ0) is 17.4. The van der Waals surface area contributed by atoms with E-state index in [1.165, 1.54) is 5.56 Å². The van der Waals surface area contributed by atoms with Crippen LogP contribution in [0, 0.1) is 6.92 Å². The Morgan fingerprint density at radius 1 is 1.33 bits per heavy atom. The van der Waals surface area contributed by atoms with Crippen LogP contribution in [0.1, 0.15) is 45.1 Å². The molecule has 1 aliphatic carbocycles. The maximum Gasteiger partial charge on any atom is 0.191 e. The fraction of sp³-hybridized carbons (Fsp3) is 0.632. The van der Waals surface area contributed by atoms with Crippen molar-refractivity contribution in [1.29, 1.82) is 0 Å². The third kappa shape index (κ3) is 6.40. The van der Waals surface area contributed by atoms with Crippen LogP contribution in [0.2, 0.25) is 0 Å². The number of rotatable bonds is 6. The molecule has 3 N–H and O–H groups in total. The second-order valence-electron chi connectivity index (χ2n) is 6.61. The first-order valence-electron chi connectivity index (χ1n) is 9.03. The van der Waals surface area contributed by atoms with Crippen LogP contribution in [-0.2, 0) is 0 Å². The highest BCUT2D eigenvalue weighted by Crippen LogP contribution is 2.18. The Kier molecular flexibility index (Phi) is 7.37. The molecule has 2 rings (SSSR count). The first-order valence-corrected chi connectivity index (χ1v) is 9.03. The van der Waals surface area contributed by atoms with Crippen molar-refractivity contribution < 1.29 is 9.84 Å². The number of guanidine groups is 1. The third-order valence-electron chi connectivity index (χ3n) is 4.22. The van der Waals surface area contributed by atoms with E-state index < -0.39 is 0 Å².